The lowest BCUT2D eigenvalue weighted by Crippen LogP contribution is -2.35. The molecule has 0 spiro atoms. The van der Waals surface area contributed by atoms with E-state index >= 15 is 0 Å². The highest BCUT2D eigenvalue weighted by Crippen LogP contribution is 2.21. The molecule has 0 aliphatic heterocycles. The molecular weight excluding hydrogens is 232 g/mol. The summed E-state index contributed by atoms with van der Waals surface area (Å²) in [4.78, 5) is 16.3. The third-order valence-electron chi connectivity index (χ3n) is 3.03. The van der Waals surface area contributed by atoms with Gasteiger partial charge in [-0.25, -0.2) is 0 Å². The Hall–Kier alpha value is -2.01. The summed E-state index contributed by atoms with van der Waals surface area (Å²) in [5.74, 6) is -0.855. The summed E-state index contributed by atoms with van der Waals surface area (Å²) < 4.78 is 1.65. The Morgan fingerprint density at radius 2 is 2.22 bits per heavy atom. The number of aliphatic carboxylic acids is 1. The maximum Gasteiger partial charge on any atom is 0.321 e. The first-order valence-electron chi connectivity index (χ1n) is 5.71. The van der Waals surface area contributed by atoms with Crippen molar-refractivity contribution in [2.45, 2.75) is 12.5 Å². The highest BCUT2D eigenvalue weighted by Gasteiger charge is 2.18. The molecule has 0 fully saturated rings. The summed E-state index contributed by atoms with van der Waals surface area (Å²) in [6.07, 6.45) is 2.25. The largest absolute Gasteiger partial charge is 0.480 e. The lowest BCUT2D eigenvalue weighted by atomic mass is 10.1. The van der Waals surface area contributed by atoms with Crippen molar-refractivity contribution in [2.24, 2.45) is 0 Å². The summed E-state index contributed by atoms with van der Waals surface area (Å²) in [5, 5.41) is 12.9. The summed E-state index contributed by atoms with van der Waals surface area (Å²) in [5.41, 5.74) is 1.89. The predicted octanol–water partition coefficient (Wildman–Crippen LogP) is 0.915. The van der Waals surface area contributed by atoms with Crippen LogP contribution in [0.1, 0.15) is 5.56 Å². The Morgan fingerprint density at radius 3 is 2.83 bits per heavy atom. The molecule has 0 saturated heterocycles. The van der Waals surface area contributed by atoms with Gasteiger partial charge in [0.05, 0.1) is 5.52 Å². The average Bonchev–Trinajstić information content (AvgIpc) is 2.74. The minimum absolute atomic E-state index is 0.419. The number of nitrogens with zero attached hydrogens (tertiary/aromatic N) is 1. The topological polar surface area (TPSA) is 63.5 Å². The van der Waals surface area contributed by atoms with E-state index in [1.54, 1.807) is 18.9 Å². The molecule has 0 radical (unpaired) electrons. The van der Waals surface area contributed by atoms with Crippen molar-refractivity contribution in [2.75, 3.05) is 14.2 Å². The SMILES string of the molecule is CN[C@@H](Cc1cn(OC)c2ccccc12)C(=O)O. The number of nitrogens with one attached hydrogen (secondary N) is 1. The number of para-hydroxylation sites is 1. The number of fused-ring (bicyclic) bond motifs is 1. The molecule has 0 bridgehead atoms. The molecule has 5 heteroatoms. The van der Waals surface area contributed by atoms with Gasteiger partial charge in [0.2, 0.25) is 0 Å². The Bertz CT molecular complexity index is 562. The molecule has 0 unspecified atom stereocenters. The first-order chi connectivity index (χ1) is 8.67. The molecule has 18 heavy (non-hydrogen) atoms. The van der Waals surface area contributed by atoms with Crippen molar-refractivity contribution < 1.29 is 14.7 Å². The number of likely N-dealkylation sites (N-methyl/N-ethyl adjacent to an activating group) is 1. The first kappa shape index (κ1) is 12.4. The molecule has 1 aromatic heterocycles. The maximum absolute atomic E-state index is 11.0. The van der Waals surface area contributed by atoms with E-state index in [0.717, 1.165) is 16.5 Å². The molecule has 1 atom stereocenters. The van der Waals surface area contributed by atoms with Gasteiger partial charge in [0.15, 0.2) is 0 Å². The van der Waals surface area contributed by atoms with Crippen molar-refractivity contribution in [3.8, 4) is 0 Å². The summed E-state index contributed by atoms with van der Waals surface area (Å²) >= 11 is 0. The highest BCUT2D eigenvalue weighted by atomic mass is 16.6. The van der Waals surface area contributed by atoms with Gasteiger partial charge in [0, 0.05) is 18.0 Å². The normalized spacial score (nSPS) is 12.6. The van der Waals surface area contributed by atoms with Gasteiger partial charge in [-0.3, -0.25) is 4.79 Å². The molecule has 0 aliphatic rings. The van der Waals surface area contributed by atoms with E-state index in [9.17, 15) is 4.79 Å². The minimum atomic E-state index is -0.855. The second kappa shape index (κ2) is 5.10. The number of carboxylic acids is 1. The Labute approximate surface area is 105 Å². The first-order valence-corrected chi connectivity index (χ1v) is 5.71. The van der Waals surface area contributed by atoms with Gasteiger partial charge in [-0.15, -0.1) is 0 Å². The van der Waals surface area contributed by atoms with Crippen molar-refractivity contribution in [1.29, 1.82) is 0 Å². The summed E-state index contributed by atoms with van der Waals surface area (Å²) in [6.45, 7) is 0. The molecule has 2 N–H and O–H groups in total. The molecule has 2 aromatic rings. The molecule has 0 saturated carbocycles. The second-order valence-electron chi connectivity index (χ2n) is 4.06. The standard InChI is InChI=1S/C13H16N2O3/c1-14-11(13(16)17)7-9-8-15(18-2)12-6-4-3-5-10(9)12/h3-6,8,11,14H,7H2,1-2H3,(H,16,17)/t11-/m0/s1. The summed E-state index contributed by atoms with van der Waals surface area (Å²) in [6, 6.07) is 7.17. The van der Waals surface area contributed by atoms with E-state index in [1.807, 2.05) is 30.5 Å². The van der Waals surface area contributed by atoms with E-state index in [-0.39, 0.29) is 0 Å². The van der Waals surface area contributed by atoms with Gasteiger partial charge in [-0.05, 0) is 18.7 Å². The molecule has 0 amide bonds. The summed E-state index contributed by atoms with van der Waals surface area (Å²) in [7, 11) is 3.23. The predicted molar refractivity (Wildman–Crippen MR) is 68.6 cm³/mol. The van der Waals surface area contributed by atoms with E-state index in [4.69, 9.17) is 9.94 Å². The number of benzene rings is 1. The van der Waals surface area contributed by atoms with E-state index in [1.165, 1.54) is 0 Å². The third-order valence-corrected chi connectivity index (χ3v) is 3.03. The van der Waals surface area contributed by atoms with Gasteiger partial charge in [-0.1, -0.05) is 18.2 Å². The number of rotatable bonds is 5. The average molecular weight is 248 g/mol. The van der Waals surface area contributed by atoms with Crippen molar-refractivity contribution in [3.63, 3.8) is 0 Å². The smallest absolute Gasteiger partial charge is 0.321 e. The van der Waals surface area contributed by atoms with Crippen LogP contribution in [0, 0.1) is 0 Å². The Balaban J connectivity index is 2.42. The minimum Gasteiger partial charge on any atom is -0.480 e. The number of hydrogen-bond donors (Lipinski definition) is 2. The van der Waals surface area contributed by atoms with Crippen LogP contribution < -0.4 is 10.2 Å². The lowest BCUT2D eigenvalue weighted by molar-refractivity contribution is -0.139. The van der Waals surface area contributed by atoms with Gasteiger partial charge >= 0.3 is 5.97 Å². The van der Waals surface area contributed by atoms with Gasteiger partial charge in [0.25, 0.3) is 0 Å². The van der Waals surface area contributed by atoms with Crippen LogP contribution in [-0.4, -0.2) is 36.0 Å². The third kappa shape index (κ3) is 2.17. The lowest BCUT2D eigenvalue weighted by Gasteiger charge is -2.09. The van der Waals surface area contributed by atoms with E-state index < -0.39 is 12.0 Å². The molecule has 1 heterocycles. The van der Waals surface area contributed by atoms with Crippen molar-refractivity contribution >= 4 is 16.9 Å². The molecule has 0 aliphatic carbocycles. The Morgan fingerprint density at radius 1 is 1.50 bits per heavy atom. The van der Waals surface area contributed by atoms with Crippen LogP contribution in [0.25, 0.3) is 10.9 Å². The highest BCUT2D eigenvalue weighted by molar-refractivity contribution is 5.84. The van der Waals surface area contributed by atoms with Crippen LogP contribution in [0.4, 0.5) is 0 Å². The van der Waals surface area contributed by atoms with E-state index in [0.29, 0.717) is 6.42 Å². The van der Waals surface area contributed by atoms with Gasteiger partial charge in [-0.2, -0.15) is 4.73 Å². The Kier molecular flexibility index (Phi) is 3.53. The van der Waals surface area contributed by atoms with Crippen LogP contribution in [0.5, 0.6) is 0 Å². The molecule has 2 rings (SSSR count). The molecule has 1 aromatic carbocycles. The van der Waals surface area contributed by atoms with Crippen LogP contribution in [-0.2, 0) is 11.2 Å². The zero-order valence-electron chi connectivity index (χ0n) is 10.4. The fourth-order valence-electron chi connectivity index (χ4n) is 2.06. The maximum atomic E-state index is 11.0. The zero-order chi connectivity index (χ0) is 13.1. The monoisotopic (exact) mass is 248 g/mol. The van der Waals surface area contributed by atoms with Gasteiger partial charge < -0.3 is 15.3 Å². The second-order valence-corrected chi connectivity index (χ2v) is 4.06. The van der Waals surface area contributed by atoms with Crippen LogP contribution in [0.15, 0.2) is 30.5 Å². The van der Waals surface area contributed by atoms with Crippen LogP contribution in [0.3, 0.4) is 0 Å². The molecule has 5 nitrogen and oxygen atoms in total. The van der Waals surface area contributed by atoms with Crippen LogP contribution in [0.2, 0.25) is 0 Å². The fourth-order valence-corrected chi connectivity index (χ4v) is 2.06. The van der Waals surface area contributed by atoms with Crippen LogP contribution >= 0.6 is 0 Å². The quantitative estimate of drug-likeness (QED) is 0.825. The van der Waals surface area contributed by atoms with Crippen molar-refractivity contribution in [3.05, 3.63) is 36.0 Å². The van der Waals surface area contributed by atoms with Crippen molar-refractivity contribution in [1.82, 2.24) is 10.0 Å². The number of aromatic nitrogens is 1. The van der Waals surface area contributed by atoms with E-state index in [2.05, 4.69) is 5.32 Å². The fraction of sp³-hybridized carbons (Fsp3) is 0.308. The molecule has 96 valence electrons. The number of carboxylic acid groups (broad SMARTS) is 1. The zero-order valence-corrected chi connectivity index (χ0v) is 10.4. The molecular formula is C13H16N2O3. The number of carbonyl (C=O) groups is 1. The number of hydrogen-bond acceptors (Lipinski definition) is 3. The van der Waals surface area contributed by atoms with Gasteiger partial charge in [0.1, 0.15) is 13.2 Å².